The maximum Gasteiger partial charge on any atom is 0.325 e. The van der Waals surface area contributed by atoms with Gasteiger partial charge in [0.25, 0.3) is 0 Å². The average Bonchev–Trinajstić information content (AvgIpc) is 2.62. The lowest BCUT2D eigenvalue weighted by Crippen LogP contribution is -2.35. The van der Waals surface area contributed by atoms with Crippen LogP contribution < -0.4 is 0 Å². The standard InChI is InChI=1S/C14H17BrFNO2/c15-10-5-6-12(16)11(9-10)13(14(18)19)17-7-3-1-2-4-8-17/h5-6,9,13H,1-4,7-8H2,(H,18,19). The SMILES string of the molecule is O=C(O)C(c1cc(Br)ccc1F)N1CCCCCC1. The van der Waals surface area contributed by atoms with Gasteiger partial charge >= 0.3 is 5.97 Å². The van der Waals surface area contributed by atoms with E-state index in [9.17, 15) is 14.3 Å². The monoisotopic (exact) mass is 329 g/mol. The predicted molar refractivity (Wildman–Crippen MR) is 74.5 cm³/mol. The van der Waals surface area contributed by atoms with E-state index in [0.29, 0.717) is 17.6 Å². The minimum absolute atomic E-state index is 0.240. The number of carboxylic acids is 1. The van der Waals surface area contributed by atoms with Crippen molar-refractivity contribution in [1.82, 2.24) is 4.90 Å². The van der Waals surface area contributed by atoms with Crippen molar-refractivity contribution in [2.75, 3.05) is 13.1 Å². The van der Waals surface area contributed by atoms with E-state index in [2.05, 4.69) is 15.9 Å². The van der Waals surface area contributed by atoms with Crippen molar-refractivity contribution < 1.29 is 14.3 Å². The summed E-state index contributed by atoms with van der Waals surface area (Å²) in [5.74, 6) is -1.45. The molecule has 0 aliphatic carbocycles. The fourth-order valence-electron chi connectivity index (χ4n) is 2.56. The van der Waals surface area contributed by atoms with Gasteiger partial charge in [0.1, 0.15) is 11.9 Å². The van der Waals surface area contributed by atoms with E-state index in [1.165, 1.54) is 6.07 Å². The Morgan fingerprint density at radius 1 is 1.26 bits per heavy atom. The average molecular weight is 330 g/mol. The highest BCUT2D eigenvalue weighted by Crippen LogP contribution is 2.28. The van der Waals surface area contributed by atoms with Crippen molar-refractivity contribution in [3.8, 4) is 0 Å². The highest BCUT2D eigenvalue weighted by atomic mass is 79.9. The van der Waals surface area contributed by atoms with Crippen LogP contribution in [0.3, 0.4) is 0 Å². The third-order valence-electron chi connectivity index (χ3n) is 3.49. The van der Waals surface area contributed by atoms with E-state index in [1.807, 2.05) is 4.90 Å². The number of aliphatic carboxylic acids is 1. The summed E-state index contributed by atoms with van der Waals surface area (Å²) < 4.78 is 14.6. The molecule has 1 saturated heterocycles. The van der Waals surface area contributed by atoms with E-state index in [0.717, 1.165) is 25.7 Å². The van der Waals surface area contributed by atoms with Gasteiger partial charge in [0, 0.05) is 10.0 Å². The van der Waals surface area contributed by atoms with Crippen LogP contribution in [0.1, 0.15) is 37.3 Å². The summed E-state index contributed by atoms with van der Waals surface area (Å²) in [5.41, 5.74) is 0.240. The van der Waals surface area contributed by atoms with Crippen LogP contribution in [0.2, 0.25) is 0 Å². The van der Waals surface area contributed by atoms with E-state index < -0.39 is 17.8 Å². The minimum atomic E-state index is -0.987. The first-order valence-corrected chi connectivity index (χ1v) is 7.30. The summed E-state index contributed by atoms with van der Waals surface area (Å²) in [7, 11) is 0. The largest absolute Gasteiger partial charge is 0.480 e. The van der Waals surface area contributed by atoms with Crippen molar-refractivity contribution in [2.24, 2.45) is 0 Å². The Balaban J connectivity index is 2.33. The molecule has 0 aromatic heterocycles. The van der Waals surface area contributed by atoms with Crippen molar-refractivity contribution >= 4 is 21.9 Å². The molecule has 3 nitrogen and oxygen atoms in total. The number of halogens is 2. The summed E-state index contributed by atoms with van der Waals surface area (Å²) in [4.78, 5) is 13.4. The number of hydrogen-bond donors (Lipinski definition) is 1. The predicted octanol–water partition coefficient (Wildman–Crippen LogP) is 3.59. The lowest BCUT2D eigenvalue weighted by Gasteiger charge is -2.28. The third-order valence-corrected chi connectivity index (χ3v) is 3.99. The van der Waals surface area contributed by atoms with Crippen molar-refractivity contribution in [3.63, 3.8) is 0 Å². The third kappa shape index (κ3) is 3.54. The van der Waals surface area contributed by atoms with Crippen LogP contribution >= 0.6 is 15.9 Å². The van der Waals surface area contributed by atoms with E-state index in [1.54, 1.807) is 12.1 Å². The molecule has 1 aromatic rings. The molecule has 1 aliphatic heterocycles. The Labute approximate surface area is 120 Å². The molecule has 1 heterocycles. The Kier molecular flexibility index (Phi) is 4.93. The van der Waals surface area contributed by atoms with Gasteiger partial charge in [-0.2, -0.15) is 0 Å². The van der Waals surface area contributed by atoms with Gasteiger partial charge in [0.2, 0.25) is 0 Å². The molecule has 0 amide bonds. The number of rotatable bonds is 3. The molecule has 0 spiro atoms. The molecule has 1 aromatic carbocycles. The van der Waals surface area contributed by atoms with Gasteiger partial charge in [-0.3, -0.25) is 9.69 Å². The Hall–Kier alpha value is -0.940. The normalized spacial score (nSPS) is 18.8. The second-order valence-electron chi connectivity index (χ2n) is 4.86. The van der Waals surface area contributed by atoms with E-state index in [-0.39, 0.29) is 5.56 Å². The van der Waals surface area contributed by atoms with Crippen molar-refractivity contribution in [3.05, 3.63) is 34.1 Å². The number of benzene rings is 1. The van der Waals surface area contributed by atoms with Gasteiger partial charge in [0.05, 0.1) is 0 Å². The van der Waals surface area contributed by atoms with E-state index in [4.69, 9.17) is 0 Å². The molecule has 0 saturated carbocycles. The zero-order valence-corrected chi connectivity index (χ0v) is 12.2. The van der Waals surface area contributed by atoms with Crippen LogP contribution in [0.15, 0.2) is 22.7 Å². The number of likely N-dealkylation sites (tertiary alicyclic amines) is 1. The Bertz CT molecular complexity index is 459. The maximum atomic E-state index is 13.9. The second-order valence-corrected chi connectivity index (χ2v) is 5.77. The zero-order valence-electron chi connectivity index (χ0n) is 10.6. The van der Waals surface area contributed by atoms with Crippen LogP contribution in [-0.4, -0.2) is 29.1 Å². The number of nitrogens with zero attached hydrogens (tertiary/aromatic N) is 1. The van der Waals surface area contributed by atoms with Crippen LogP contribution in [0.5, 0.6) is 0 Å². The molecule has 1 aliphatic rings. The first kappa shape index (κ1) is 14.5. The fraction of sp³-hybridized carbons (Fsp3) is 0.500. The summed E-state index contributed by atoms with van der Waals surface area (Å²) >= 11 is 3.28. The topological polar surface area (TPSA) is 40.5 Å². The van der Waals surface area contributed by atoms with Crippen molar-refractivity contribution in [2.45, 2.75) is 31.7 Å². The van der Waals surface area contributed by atoms with Crippen molar-refractivity contribution in [1.29, 1.82) is 0 Å². The lowest BCUT2D eigenvalue weighted by molar-refractivity contribution is -0.143. The molecule has 2 rings (SSSR count). The number of carboxylic acid groups (broad SMARTS) is 1. The molecule has 0 bridgehead atoms. The fourth-order valence-corrected chi connectivity index (χ4v) is 2.94. The molecule has 5 heteroatoms. The van der Waals surface area contributed by atoms with E-state index >= 15 is 0 Å². The molecule has 1 atom stereocenters. The number of carbonyl (C=O) groups is 1. The van der Waals surface area contributed by atoms with Gasteiger partial charge in [-0.15, -0.1) is 0 Å². The van der Waals surface area contributed by atoms with Gasteiger partial charge in [-0.05, 0) is 44.1 Å². The molecule has 1 N–H and O–H groups in total. The summed E-state index contributed by atoms with van der Waals surface area (Å²) in [5, 5.41) is 9.46. The lowest BCUT2D eigenvalue weighted by atomic mass is 10.0. The van der Waals surface area contributed by atoms with Gasteiger partial charge in [0.15, 0.2) is 0 Å². The van der Waals surface area contributed by atoms with Crippen LogP contribution in [0.4, 0.5) is 4.39 Å². The molecular formula is C14H17BrFNO2. The molecule has 19 heavy (non-hydrogen) atoms. The summed E-state index contributed by atoms with van der Waals surface area (Å²) in [6, 6.07) is 3.57. The Morgan fingerprint density at radius 3 is 2.47 bits per heavy atom. The minimum Gasteiger partial charge on any atom is -0.480 e. The van der Waals surface area contributed by atoms with Gasteiger partial charge in [-0.25, -0.2) is 4.39 Å². The molecular weight excluding hydrogens is 313 g/mol. The molecule has 1 unspecified atom stereocenters. The van der Waals surface area contributed by atoms with Gasteiger partial charge in [-0.1, -0.05) is 28.8 Å². The summed E-state index contributed by atoms with van der Waals surface area (Å²) in [6.45, 7) is 1.42. The molecule has 0 radical (unpaired) electrons. The first-order valence-electron chi connectivity index (χ1n) is 6.51. The van der Waals surface area contributed by atoms with Crippen LogP contribution in [0.25, 0.3) is 0 Å². The number of hydrogen-bond acceptors (Lipinski definition) is 2. The Morgan fingerprint density at radius 2 is 1.89 bits per heavy atom. The highest BCUT2D eigenvalue weighted by Gasteiger charge is 2.30. The zero-order chi connectivity index (χ0) is 13.8. The van der Waals surface area contributed by atoms with Gasteiger partial charge < -0.3 is 5.11 Å². The van der Waals surface area contributed by atoms with Crippen LogP contribution in [-0.2, 0) is 4.79 Å². The quantitative estimate of drug-likeness (QED) is 0.921. The first-order chi connectivity index (χ1) is 9.09. The second kappa shape index (κ2) is 6.48. The smallest absolute Gasteiger partial charge is 0.325 e. The van der Waals surface area contributed by atoms with Crippen LogP contribution in [0, 0.1) is 5.82 Å². The molecule has 104 valence electrons. The molecule has 1 fully saturated rings. The summed E-state index contributed by atoms with van der Waals surface area (Å²) in [6.07, 6.45) is 4.17. The maximum absolute atomic E-state index is 13.9. The highest BCUT2D eigenvalue weighted by molar-refractivity contribution is 9.10.